The third-order valence-electron chi connectivity index (χ3n) is 12.3. The Bertz CT molecular complexity index is 749. The predicted molar refractivity (Wildman–Crippen MR) is 255 cm³/mol. The average molecular weight is 806 g/mol. The van der Waals surface area contributed by atoms with Crippen LogP contribution in [-0.4, -0.2) is 67.7 Å². The highest BCUT2D eigenvalue weighted by molar-refractivity contribution is 5.80. The molecule has 0 aromatic heterocycles. The second-order valence-electron chi connectivity index (χ2n) is 18.4. The van der Waals surface area contributed by atoms with Gasteiger partial charge in [0.2, 0.25) is 0 Å². The minimum atomic E-state index is -0.421. The van der Waals surface area contributed by atoms with E-state index in [-0.39, 0.29) is 0 Å². The van der Waals surface area contributed by atoms with E-state index < -0.39 is 6.10 Å². The number of nitrogens with zero attached hydrogens (tertiary/aromatic N) is 1. The lowest BCUT2D eigenvalue weighted by atomic mass is 10.0. The predicted octanol–water partition coefficient (Wildman–Crippen LogP) is 15.1. The van der Waals surface area contributed by atoms with Gasteiger partial charge in [0, 0.05) is 19.5 Å². The number of rotatable bonds is 51. The van der Waals surface area contributed by atoms with Gasteiger partial charge >= 0.3 is 0 Å². The molecule has 3 N–H and O–H groups in total. The minimum Gasteiger partial charge on any atom is -0.390 e. The standard InChI is InChI=1S/C52H107N3O2/c1-4-7-10-13-16-19-22-25-26-29-32-35-38-43-51(56)48-54-49-52(57)50-55(46-41-37-34-31-28-24-21-18-15-12-9-6-3)47-42-40-45-53-44-39-36-33-30-27-23-20-17-14-11-8-5-2/h52-54,57H,4-50H2,1-3H3. The number of carbonyl (C=O) groups is 1. The van der Waals surface area contributed by atoms with E-state index in [0.717, 1.165) is 32.6 Å². The zero-order valence-corrected chi connectivity index (χ0v) is 39.6. The number of carbonyl (C=O) groups excluding carboxylic acids is 1. The van der Waals surface area contributed by atoms with Crippen molar-refractivity contribution >= 4 is 5.78 Å². The van der Waals surface area contributed by atoms with Crippen LogP contribution in [0.5, 0.6) is 0 Å². The van der Waals surface area contributed by atoms with Crippen molar-refractivity contribution in [3.63, 3.8) is 0 Å². The van der Waals surface area contributed by atoms with Crippen LogP contribution < -0.4 is 10.6 Å². The first-order valence-corrected chi connectivity index (χ1v) is 26.5. The Balaban J connectivity index is 4.12. The number of Topliss-reactive ketones (excluding diaryl/α,β-unsaturated/α-hetero) is 1. The van der Waals surface area contributed by atoms with Crippen LogP contribution in [0, 0.1) is 0 Å². The van der Waals surface area contributed by atoms with Crippen molar-refractivity contribution in [2.75, 3.05) is 45.8 Å². The number of hydrogen-bond donors (Lipinski definition) is 3. The molecule has 0 amide bonds. The maximum Gasteiger partial charge on any atom is 0.146 e. The van der Waals surface area contributed by atoms with Crippen molar-refractivity contribution in [1.82, 2.24) is 15.5 Å². The van der Waals surface area contributed by atoms with E-state index >= 15 is 0 Å². The van der Waals surface area contributed by atoms with Crippen LogP contribution in [0.15, 0.2) is 0 Å². The molecule has 342 valence electrons. The van der Waals surface area contributed by atoms with Gasteiger partial charge in [-0.1, -0.05) is 239 Å². The van der Waals surface area contributed by atoms with Crippen molar-refractivity contribution in [3.8, 4) is 0 Å². The molecular weight excluding hydrogens is 699 g/mol. The summed E-state index contributed by atoms with van der Waals surface area (Å²) in [7, 11) is 0. The largest absolute Gasteiger partial charge is 0.390 e. The molecule has 5 nitrogen and oxygen atoms in total. The van der Waals surface area contributed by atoms with Gasteiger partial charge in [-0.3, -0.25) is 4.79 Å². The fourth-order valence-corrected chi connectivity index (χ4v) is 8.44. The highest BCUT2D eigenvalue weighted by Gasteiger charge is 2.12. The monoisotopic (exact) mass is 806 g/mol. The molecular formula is C52H107N3O2. The molecule has 0 aliphatic heterocycles. The lowest BCUT2D eigenvalue weighted by Crippen LogP contribution is -2.40. The lowest BCUT2D eigenvalue weighted by Gasteiger charge is -2.25. The fourth-order valence-electron chi connectivity index (χ4n) is 8.44. The third kappa shape index (κ3) is 48.1. The highest BCUT2D eigenvalue weighted by Crippen LogP contribution is 2.15. The molecule has 0 rings (SSSR count). The smallest absolute Gasteiger partial charge is 0.146 e. The van der Waals surface area contributed by atoms with Crippen LogP contribution in [0.1, 0.15) is 278 Å². The Morgan fingerprint density at radius 2 is 0.702 bits per heavy atom. The molecule has 1 atom stereocenters. The molecule has 0 aromatic carbocycles. The summed E-state index contributed by atoms with van der Waals surface area (Å²) in [5, 5.41) is 17.9. The molecule has 0 fully saturated rings. The molecule has 0 heterocycles. The number of unbranched alkanes of at least 4 members (excludes halogenated alkanes) is 35. The van der Waals surface area contributed by atoms with Crippen LogP contribution in [0.3, 0.4) is 0 Å². The van der Waals surface area contributed by atoms with Gasteiger partial charge in [0.05, 0.1) is 12.6 Å². The molecule has 0 saturated carbocycles. The van der Waals surface area contributed by atoms with Gasteiger partial charge in [-0.05, 0) is 58.3 Å². The Morgan fingerprint density at radius 3 is 1.09 bits per heavy atom. The van der Waals surface area contributed by atoms with Crippen molar-refractivity contribution in [1.29, 1.82) is 0 Å². The van der Waals surface area contributed by atoms with Crippen molar-refractivity contribution in [2.24, 2.45) is 0 Å². The number of ketones is 1. The Kier molecular flexibility index (Phi) is 49.4. The van der Waals surface area contributed by atoms with E-state index in [4.69, 9.17) is 0 Å². The normalized spacial score (nSPS) is 12.3. The summed E-state index contributed by atoms with van der Waals surface area (Å²) in [4.78, 5) is 15.0. The van der Waals surface area contributed by atoms with E-state index in [2.05, 4.69) is 36.3 Å². The fraction of sp³-hybridized carbons (Fsp3) is 0.981. The Hall–Kier alpha value is -0.490. The van der Waals surface area contributed by atoms with Crippen molar-refractivity contribution in [2.45, 2.75) is 284 Å². The van der Waals surface area contributed by atoms with Gasteiger partial charge in [-0.2, -0.15) is 0 Å². The van der Waals surface area contributed by atoms with Crippen LogP contribution in [0.4, 0.5) is 0 Å². The molecule has 0 radical (unpaired) electrons. The summed E-state index contributed by atoms with van der Waals surface area (Å²) in [6.45, 7) is 12.9. The van der Waals surface area contributed by atoms with Gasteiger partial charge in [-0.25, -0.2) is 0 Å². The van der Waals surface area contributed by atoms with E-state index in [1.54, 1.807) is 0 Å². The number of aliphatic hydroxyl groups is 1. The number of nitrogens with one attached hydrogen (secondary N) is 2. The van der Waals surface area contributed by atoms with Crippen LogP contribution in [0.2, 0.25) is 0 Å². The van der Waals surface area contributed by atoms with Crippen LogP contribution >= 0.6 is 0 Å². The molecule has 0 aliphatic rings. The molecule has 1 unspecified atom stereocenters. The van der Waals surface area contributed by atoms with Crippen LogP contribution in [0.25, 0.3) is 0 Å². The number of aliphatic hydroxyl groups excluding tert-OH is 1. The summed E-state index contributed by atoms with van der Waals surface area (Å²) in [5.74, 6) is 0.301. The van der Waals surface area contributed by atoms with Gasteiger partial charge in [0.25, 0.3) is 0 Å². The molecule has 57 heavy (non-hydrogen) atoms. The van der Waals surface area contributed by atoms with E-state index in [1.165, 1.54) is 244 Å². The van der Waals surface area contributed by atoms with Crippen LogP contribution in [-0.2, 0) is 4.79 Å². The average Bonchev–Trinajstić information content (AvgIpc) is 3.21. The van der Waals surface area contributed by atoms with Gasteiger partial charge in [-0.15, -0.1) is 0 Å². The van der Waals surface area contributed by atoms with E-state index in [9.17, 15) is 9.90 Å². The van der Waals surface area contributed by atoms with Crippen molar-refractivity contribution in [3.05, 3.63) is 0 Å². The molecule has 0 bridgehead atoms. The first-order chi connectivity index (χ1) is 28.1. The lowest BCUT2D eigenvalue weighted by molar-refractivity contribution is -0.118. The molecule has 0 spiro atoms. The summed E-state index contributed by atoms with van der Waals surface area (Å²) in [6.07, 6.45) is 53.3. The topological polar surface area (TPSA) is 64.6 Å². The van der Waals surface area contributed by atoms with Gasteiger partial charge in [0.15, 0.2) is 0 Å². The maximum atomic E-state index is 12.5. The summed E-state index contributed by atoms with van der Waals surface area (Å²) < 4.78 is 0. The second kappa shape index (κ2) is 49.9. The highest BCUT2D eigenvalue weighted by atomic mass is 16.3. The van der Waals surface area contributed by atoms with E-state index in [0.29, 0.717) is 31.8 Å². The molecule has 0 aromatic rings. The Labute approximate surface area is 359 Å². The zero-order chi connectivity index (χ0) is 41.4. The SMILES string of the molecule is CCCCCCCCCCCCCCCC(=O)CNCC(O)CN(CCCCCCCCCCCCCC)CCCCNCCCCCCCCCCCCCC. The minimum absolute atomic E-state index is 0.301. The summed E-state index contributed by atoms with van der Waals surface area (Å²) >= 11 is 0. The first kappa shape index (κ1) is 56.5. The van der Waals surface area contributed by atoms with Gasteiger partial charge < -0.3 is 20.6 Å². The van der Waals surface area contributed by atoms with Crippen molar-refractivity contribution < 1.29 is 9.90 Å². The first-order valence-electron chi connectivity index (χ1n) is 26.5. The molecule has 5 heteroatoms. The quantitative estimate of drug-likeness (QED) is 0.0535. The number of hydrogen-bond acceptors (Lipinski definition) is 5. The third-order valence-corrected chi connectivity index (χ3v) is 12.3. The van der Waals surface area contributed by atoms with Gasteiger partial charge in [0.1, 0.15) is 5.78 Å². The summed E-state index contributed by atoms with van der Waals surface area (Å²) in [5.41, 5.74) is 0. The van der Waals surface area contributed by atoms with E-state index in [1.807, 2.05) is 0 Å². The molecule has 0 saturated heterocycles. The second-order valence-corrected chi connectivity index (χ2v) is 18.4. The summed E-state index contributed by atoms with van der Waals surface area (Å²) in [6, 6.07) is 0. The maximum absolute atomic E-state index is 12.5. The Morgan fingerprint density at radius 1 is 0.404 bits per heavy atom. The zero-order valence-electron chi connectivity index (χ0n) is 39.6. The molecule has 0 aliphatic carbocycles.